The van der Waals surface area contributed by atoms with Crippen molar-refractivity contribution in [2.75, 3.05) is 31.1 Å². The van der Waals surface area contributed by atoms with Gasteiger partial charge in [0.25, 0.3) is 5.91 Å². The fourth-order valence-corrected chi connectivity index (χ4v) is 3.43. The molecule has 0 bridgehead atoms. The summed E-state index contributed by atoms with van der Waals surface area (Å²) in [6.07, 6.45) is -3.07. The maximum Gasteiger partial charge on any atom is 0.417 e. The summed E-state index contributed by atoms with van der Waals surface area (Å²) in [6.45, 7) is 1.90. The zero-order chi connectivity index (χ0) is 19.6. The molecule has 1 aromatic carbocycles. The van der Waals surface area contributed by atoms with Gasteiger partial charge in [-0.1, -0.05) is 29.3 Å². The first-order valence-corrected chi connectivity index (χ1v) is 9.04. The van der Waals surface area contributed by atoms with Crippen LogP contribution in [0.25, 0.3) is 0 Å². The lowest BCUT2D eigenvalue weighted by atomic mass is 10.2. The van der Waals surface area contributed by atoms with E-state index < -0.39 is 11.7 Å². The molecule has 4 nitrogen and oxygen atoms in total. The topological polar surface area (TPSA) is 36.4 Å². The van der Waals surface area contributed by atoms with Crippen LogP contribution in [0, 0.1) is 0 Å². The monoisotopic (exact) mass is 417 g/mol. The first kappa shape index (κ1) is 19.8. The third-order valence-corrected chi connectivity index (χ3v) is 4.82. The summed E-state index contributed by atoms with van der Waals surface area (Å²) in [5.41, 5.74) is -0.384. The van der Waals surface area contributed by atoms with Crippen molar-refractivity contribution in [2.45, 2.75) is 12.6 Å². The molecule has 0 unspecified atom stereocenters. The van der Waals surface area contributed by atoms with Crippen LogP contribution in [-0.2, 0) is 6.18 Å². The first-order chi connectivity index (χ1) is 12.8. The number of amides is 1. The molecule has 27 heavy (non-hydrogen) atoms. The Bertz CT molecular complexity index is 845. The Balaban J connectivity index is 1.72. The van der Waals surface area contributed by atoms with Gasteiger partial charge < -0.3 is 9.80 Å². The molecule has 2 heterocycles. The SMILES string of the molecule is O=C(c1cccc(Cl)c1)N1CCCN(c2ncc(C(F)(F)F)cc2Cl)CC1. The van der Waals surface area contributed by atoms with Crippen molar-refractivity contribution < 1.29 is 18.0 Å². The molecule has 1 saturated heterocycles. The van der Waals surface area contributed by atoms with E-state index in [1.807, 2.05) is 0 Å². The average Bonchev–Trinajstić information content (AvgIpc) is 2.86. The number of pyridine rings is 1. The number of hydrogen-bond donors (Lipinski definition) is 0. The number of alkyl halides is 3. The van der Waals surface area contributed by atoms with Crippen LogP contribution in [0.3, 0.4) is 0 Å². The fourth-order valence-electron chi connectivity index (χ4n) is 2.95. The Morgan fingerprint density at radius 2 is 1.85 bits per heavy atom. The third kappa shape index (κ3) is 4.65. The summed E-state index contributed by atoms with van der Waals surface area (Å²) in [4.78, 5) is 20.1. The maximum atomic E-state index is 12.8. The lowest BCUT2D eigenvalue weighted by Crippen LogP contribution is -2.35. The average molecular weight is 418 g/mol. The van der Waals surface area contributed by atoms with E-state index in [0.29, 0.717) is 49.0 Å². The van der Waals surface area contributed by atoms with E-state index in [0.717, 1.165) is 12.3 Å². The van der Waals surface area contributed by atoms with Crippen molar-refractivity contribution in [3.63, 3.8) is 0 Å². The first-order valence-electron chi connectivity index (χ1n) is 8.28. The zero-order valence-electron chi connectivity index (χ0n) is 14.1. The second-order valence-electron chi connectivity index (χ2n) is 6.17. The van der Waals surface area contributed by atoms with Crippen LogP contribution in [0.15, 0.2) is 36.5 Å². The third-order valence-electron chi connectivity index (χ3n) is 4.30. The lowest BCUT2D eigenvalue weighted by molar-refractivity contribution is -0.137. The number of anilines is 1. The quantitative estimate of drug-likeness (QED) is 0.706. The summed E-state index contributed by atoms with van der Waals surface area (Å²) < 4.78 is 38.3. The van der Waals surface area contributed by atoms with E-state index in [4.69, 9.17) is 23.2 Å². The number of hydrogen-bond acceptors (Lipinski definition) is 3. The van der Waals surface area contributed by atoms with Crippen LogP contribution in [0.4, 0.5) is 19.0 Å². The Morgan fingerprint density at radius 3 is 2.52 bits per heavy atom. The van der Waals surface area contributed by atoms with Gasteiger partial charge in [-0.3, -0.25) is 4.79 Å². The van der Waals surface area contributed by atoms with Gasteiger partial charge in [-0.05, 0) is 30.7 Å². The summed E-state index contributed by atoms with van der Waals surface area (Å²) >= 11 is 12.0. The van der Waals surface area contributed by atoms with Gasteiger partial charge in [0, 0.05) is 43.0 Å². The van der Waals surface area contributed by atoms with E-state index in [2.05, 4.69) is 4.98 Å². The lowest BCUT2D eigenvalue weighted by Gasteiger charge is -2.24. The van der Waals surface area contributed by atoms with Crippen molar-refractivity contribution in [1.82, 2.24) is 9.88 Å². The van der Waals surface area contributed by atoms with Gasteiger partial charge in [0.15, 0.2) is 0 Å². The number of benzene rings is 1. The van der Waals surface area contributed by atoms with Crippen LogP contribution >= 0.6 is 23.2 Å². The van der Waals surface area contributed by atoms with Crippen molar-refractivity contribution >= 4 is 34.9 Å². The number of halogens is 5. The van der Waals surface area contributed by atoms with E-state index in [-0.39, 0.29) is 10.9 Å². The van der Waals surface area contributed by atoms with Crippen molar-refractivity contribution in [3.8, 4) is 0 Å². The standard InChI is InChI=1S/C18H16Cl2F3N3O/c19-14-4-1-3-12(9-14)17(27)26-6-2-5-25(7-8-26)16-15(20)10-13(11-24-16)18(21,22)23/h1,3-4,9-11H,2,5-8H2. The van der Waals surface area contributed by atoms with Crippen LogP contribution < -0.4 is 4.90 Å². The Labute approximate surface area is 164 Å². The predicted octanol–water partition coefficient (Wildman–Crippen LogP) is 4.76. The largest absolute Gasteiger partial charge is 0.417 e. The maximum absolute atomic E-state index is 12.8. The highest BCUT2D eigenvalue weighted by Gasteiger charge is 2.32. The molecule has 0 spiro atoms. The van der Waals surface area contributed by atoms with Gasteiger partial charge in [0.1, 0.15) is 5.82 Å². The van der Waals surface area contributed by atoms with Gasteiger partial charge in [0.2, 0.25) is 0 Å². The van der Waals surface area contributed by atoms with Crippen molar-refractivity contribution in [1.29, 1.82) is 0 Å². The highest BCUT2D eigenvalue weighted by Crippen LogP contribution is 2.33. The van der Waals surface area contributed by atoms with Gasteiger partial charge in [-0.15, -0.1) is 0 Å². The minimum atomic E-state index is -4.49. The van der Waals surface area contributed by atoms with E-state index in [9.17, 15) is 18.0 Å². The van der Waals surface area contributed by atoms with E-state index in [1.165, 1.54) is 0 Å². The van der Waals surface area contributed by atoms with E-state index in [1.54, 1.807) is 34.1 Å². The number of carbonyl (C=O) groups excluding carboxylic acids is 1. The van der Waals surface area contributed by atoms with Gasteiger partial charge in [0.05, 0.1) is 10.6 Å². The molecule has 144 valence electrons. The predicted molar refractivity (Wildman–Crippen MR) is 98.4 cm³/mol. The number of aromatic nitrogens is 1. The Morgan fingerprint density at radius 1 is 1.07 bits per heavy atom. The number of nitrogens with zero attached hydrogens (tertiary/aromatic N) is 3. The molecule has 0 aliphatic carbocycles. The Hall–Kier alpha value is -1.99. The molecule has 3 rings (SSSR count). The summed E-state index contributed by atoms with van der Waals surface area (Å²) in [6, 6.07) is 7.60. The summed E-state index contributed by atoms with van der Waals surface area (Å²) in [5.74, 6) is 0.160. The fraction of sp³-hybridized carbons (Fsp3) is 0.333. The molecule has 0 saturated carbocycles. The summed E-state index contributed by atoms with van der Waals surface area (Å²) in [7, 11) is 0. The normalized spacial score (nSPS) is 15.6. The Kier molecular flexibility index (Phi) is 5.81. The molecule has 0 N–H and O–H groups in total. The van der Waals surface area contributed by atoms with Crippen LogP contribution in [0.1, 0.15) is 22.3 Å². The minimum absolute atomic E-state index is 0.0561. The van der Waals surface area contributed by atoms with Gasteiger partial charge in [-0.25, -0.2) is 4.98 Å². The highest BCUT2D eigenvalue weighted by molar-refractivity contribution is 6.33. The second-order valence-corrected chi connectivity index (χ2v) is 7.01. The molecular weight excluding hydrogens is 402 g/mol. The van der Waals surface area contributed by atoms with E-state index >= 15 is 0 Å². The molecule has 0 radical (unpaired) electrons. The number of carbonyl (C=O) groups is 1. The van der Waals surface area contributed by atoms with Crippen LogP contribution in [0.2, 0.25) is 10.0 Å². The smallest absolute Gasteiger partial charge is 0.354 e. The molecule has 1 aromatic heterocycles. The zero-order valence-corrected chi connectivity index (χ0v) is 15.7. The van der Waals surface area contributed by atoms with Crippen LogP contribution in [-0.4, -0.2) is 42.0 Å². The van der Waals surface area contributed by atoms with Crippen molar-refractivity contribution in [3.05, 3.63) is 57.7 Å². The minimum Gasteiger partial charge on any atom is -0.354 e. The molecule has 1 aliphatic heterocycles. The van der Waals surface area contributed by atoms with Gasteiger partial charge in [-0.2, -0.15) is 13.2 Å². The molecule has 9 heteroatoms. The molecule has 1 aliphatic rings. The molecule has 2 aromatic rings. The molecule has 1 amide bonds. The second kappa shape index (κ2) is 7.94. The summed E-state index contributed by atoms with van der Waals surface area (Å²) in [5, 5.41) is 0.428. The molecular formula is C18H16Cl2F3N3O. The molecule has 0 atom stereocenters. The van der Waals surface area contributed by atoms with Crippen LogP contribution in [0.5, 0.6) is 0 Å². The molecule has 1 fully saturated rings. The van der Waals surface area contributed by atoms with Gasteiger partial charge >= 0.3 is 6.18 Å². The van der Waals surface area contributed by atoms with Crippen molar-refractivity contribution in [2.24, 2.45) is 0 Å². The number of rotatable bonds is 2. The highest BCUT2D eigenvalue weighted by atomic mass is 35.5.